The number of guanidine groups is 1. The molecule has 114 valence electrons. The second kappa shape index (κ2) is 10.0. The summed E-state index contributed by atoms with van der Waals surface area (Å²) in [5, 5.41) is 3.25. The third-order valence-corrected chi connectivity index (χ3v) is 3.16. The summed E-state index contributed by atoms with van der Waals surface area (Å²) in [6.07, 6.45) is 0. The summed E-state index contributed by atoms with van der Waals surface area (Å²) in [5.41, 5.74) is 7.24. The van der Waals surface area contributed by atoms with Gasteiger partial charge in [0.15, 0.2) is 5.96 Å². The molecule has 0 fully saturated rings. The molecule has 0 bridgehead atoms. The standard InChI is InChI=1S/C16H27N3.HI/c1-12(2)10-18-16(17)19-11-15(13(3)4)14-8-6-5-7-9-14;/h5-9,12-13,15H,10-11H2,1-4H3,(H3,17,18,19);1H. The quantitative estimate of drug-likeness (QED) is 0.444. The first-order valence-electron chi connectivity index (χ1n) is 7.09. The van der Waals surface area contributed by atoms with E-state index in [0.717, 1.165) is 13.1 Å². The third-order valence-electron chi connectivity index (χ3n) is 3.16. The maximum atomic E-state index is 5.89. The molecule has 0 aliphatic rings. The molecule has 1 aromatic rings. The minimum absolute atomic E-state index is 0. The molecule has 1 rings (SSSR count). The summed E-state index contributed by atoms with van der Waals surface area (Å²) in [5.74, 6) is 2.10. The molecule has 3 nitrogen and oxygen atoms in total. The Morgan fingerprint density at radius 2 is 1.75 bits per heavy atom. The van der Waals surface area contributed by atoms with Crippen LogP contribution in [0.15, 0.2) is 35.3 Å². The van der Waals surface area contributed by atoms with Crippen LogP contribution in [0.3, 0.4) is 0 Å². The van der Waals surface area contributed by atoms with Crippen molar-refractivity contribution < 1.29 is 0 Å². The summed E-state index contributed by atoms with van der Waals surface area (Å²) >= 11 is 0. The number of nitrogens with zero attached hydrogens (tertiary/aromatic N) is 1. The molecular weight excluding hydrogens is 361 g/mol. The molecule has 0 radical (unpaired) electrons. The Labute approximate surface area is 140 Å². The zero-order chi connectivity index (χ0) is 14.3. The Morgan fingerprint density at radius 1 is 1.15 bits per heavy atom. The molecule has 4 heteroatoms. The number of nitrogens with one attached hydrogen (secondary N) is 1. The highest BCUT2D eigenvalue weighted by atomic mass is 127. The van der Waals surface area contributed by atoms with Crippen molar-refractivity contribution in [1.29, 1.82) is 0 Å². The van der Waals surface area contributed by atoms with Crippen molar-refractivity contribution >= 4 is 29.9 Å². The van der Waals surface area contributed by atoms with Gasteiger partial charge in [0.1, 0.15) is 0 Å². The molecule has 1 atom stereocenters. The first-order valence-corrected chi connectivity index (χ1v) is 7.09. The average molecular weight is 389 g/mol. The normalized spacial score (nSPS) is 13.2. The predicted molar refractivity (Wildman–Crippen MR) is 98.8 cm³/mol. The molecule has 0 amide bonds. The van der Waals surface area contributed by atoms with E-state index in [-0.39, 0.29) is 24.0 Å². The van der Waals surface area contributed by atoms with Crippen LogP contribution < -0.4 is 11.1 Å². The van der Waals surface area contributed by atoms with E-state index in [1.54, 1.807) is 0 Å². The van der Waals surface area contributed by atoms with Crippen LogP contribution in [0.2, 0.25) is 0 Å². The van der Waals surface area contributed by atoms with Crippen LogP contribution in [0.5, 0.6) is 0 Å². The minimum Gasteiger partial charge on any atom is -0.370 e. The van der Waals surface area contributed by atoms with Gasteiger partial charge in [-0.15, -0.1) is 24.0 Å². The third kappa shape index (κ3) is 7.12. The van der Waals surface area contributed by atoms with Crippen molar-refractivity contribution in [3.05, 3.63) is 35.9 Å². The molecule has 0 saturated heterocycles. The maximum absolute atomic E-state index is 5.89. The van der Waals surface area contributed by atoms with Gasteiger partial charge in [-0.2, -0.15) is 0 Å². The first kappa shape index (κ1) is 19.2. The topological polar surface area (TPSA) is 50.4 Å². The number of rotatable bonds is 6. The van der Waals surface area contributed by atoms with E-state index in [9.17, 15) is 0 Å². The van der Waals surface area contributed by atoms with E-state index >= 15 is 0 Å². The maximum Gasteiger partial charge on any atom is 0.188 e. The molecule has 1 aromatic carbocycles. The summed E-state index contributed by atoms with van der Waals surface area (Å²) in [7, 11) is 0. The molecule has 0 saturated carbocycles. The SMILES string of the molecule is CC(C)CN=C(N)NCC(c1ccccc1)C(C)C.I. The number of halogens is 1. The van der Waals surface area contributed by atoms with E-state index in [2.05, 4.69) is 62.3 Å². The summed E-state index contributed by atoms with van der Waals surface area (Å²) in [6.45, 7) is 10.3. The van der Waals surface area contributed by atoms with Crippen LogP contribution in [0.25, 0.3) is 0 Å². The fourth-order valence-electron chi connectivity index (χ4n) is 1.99. The summed E-state index contributed by atoms with van der Waals surface area (Å²) in [6, 6.07) is 10.6. The summed E-state index contributed by atoms with van der Waals surface area (Å²) in [4.78, 5) is 4.33. The smallest absolute Gasteiger partial charge is 0.188 e. The Hall–Kier alpha value is -0.780. The Morgan fingerprint density at radius 3 is 2.25 bits per heavy atom. The van der Waals surface area contributed by atoms with E-state index in [1.165, 1.54) is 5.56 Å². The van der Waals surface area contributed by atoms with Crippen molar-refractivity contribution in [3.63, 3.8) is 0 Å². The van der Waals surface area contributed by atoms with Gasteiger partial charge in [-0.1, -0.05) is 58.0 Å². The molecular formula is C16H28IN3. The zero-order valence-electron chi connectivity index (χ0n) is 13.0. The predicted octanol–water partition coefficient (Wildman–Crippen LogP) is 3.60. The van der Waals surface area contributed by atoms with E-state index in [0.29, 0.717) is 23.7 Å². The lowest BCUT2D eigenvalue weighted by Crippen LogP contribution is -2.36. The number of hydrogen-bond donors (Lipinski definition) is 2. The monoisotopic (exact) mass is 389 g/mol. The second-order valence-corrected chi connectivity index (χ2v) is 5.76. The van der Waals surface area contributed by atoms with Gasteiger partial charge in [-0.05, 0) is 17.4 Å². The van der Waals surface area contributed by atoms with Crippen LogP contribution in [0.4, 0.5) is 0 Å². The highest BCUT2D eigenvalue weighted by Crippen LogP contribution is 2.23. The van der Waals surface area contributed by atoms with Crippen LogP contribution in [-0.4, -0.2) is 19.0 Å². The molecule has 1 unspecified atom stereocenters. The molecule has 3 N–H and O–H groups in total. The van der Waals surface area contributed by atoms with E-state index in [4.69, 9.17) is 5.73 Å². The fraction of sp³-hybridized carbons (Fsp3) is 0.562. The largest absolute Gasteiger partial charge is 0.370 e. The Bertz CT molecular complexity index is 388. The van der Waals surface area contributed by atoms with Crippen LogP contribution in [0, 0.1) is 11.8 Å². The average Bonchev–Trinajstić information content (AvgIpc) is 2.37. The lowest BCUT2D eigenvalue weighted by Gasteiger charge is -2.22. The number of aliphatic imine (C=N–C) groups is 1. The van der Waals surface area contributed by atoms with Crippen molar-refractivity contribution in [2.75, 3.05) is 13.1 Å². The Balaban J connectivity index is 0.00000361. The molecule has 0 heterocycles. The van der Waals surface area contributed by atoms with Gasteiger partial charge in [0.05, 0.1) is 0 Å². The first-order chi connectivity index (χ1) is 9.00. The van der Waals surface area contributed by atoms with Gasteiger partial charge >= 0.3 is 0 Å². The van der Waals surface area contributed by atoms with Crippen LogP contribution >= 0.6 is 24.0 Å². The van der Waals surface area contributed by atoms with Crippen molar-refractivity contribution in [3.8, 4) is 0 Å². The second-order valence-electron chi connectivity index (χ2n) is 5.76. The zero-order valence-corrected chi connectivity index (χ0v) is 15.3. The number of hydrogen-bond acceptors (Lipinski definition) is 1. The lowest BCUT2D eigenvalue weighted by atomic mass is 9.88. The van der Waals surface area contributed by atoms with Crippen molar-refractivity contribution in [2.24, 2.45) is 22.6 Å². The fourth-order valence-corrected chi connectivity index (χ4v) is 1.99. The van der Waals surface area contributed by atoms with Gasteiger partial charge in [-0.3, -0.25) is 4.99 Å². The van der Waals surface area contributed by atoms with Crippen LogP contribution in [0.1, 0.15) is 39.2 Å². The van der Waals surface area contributed by atoms with Gasteiger partial charge in [0.25, 0.3) is 0 Å². The van der Waals surface area contributed by atoms with Gasteiger partial charge < -0.3 is 11.1 Å². The lowest BCUT2D eigenvalue weighted by molar-refractivity contribution is 0.489. The van der Waals surface area contributed by atoms with Gasteiger partial charge in [0.2, 0.25) is 0 Å². The van der Waals surface area contributed by atoms with Gasteiger partial charge in [-0.25, -0.2) is 0 Å². The van der Waals surface area contributed by atoms with Crippen molar-refractivity contribution in [1.82, 2.24) is 5.32 Å². The minimum atomic E-state index is 0. The van der Waals surface area contributed by atoms with Crippen LogP contribution in [-0.2, 0) is 0 Å². The molecule has 0 spiro atoms. The molecule has 0 aliphatic carbocycles. The van der Waals surface area contributed by atoms with Crippen molar-refractivity contribution in [2.45, 2.75) is 33.6 Å². The number of benzene rings is 1. The van der Waals surface area contributed by atoms with Gasteiger partial charge in [0, 0.05) is 19.0 Å². The molecule has 0 aromatic heterocycles. The highest BCUT2D eigenvalue weighted by molar-refractivity contribution is 14.0. The summed E-state index contributed by atoms with van der Waals surface area (Å²) < 4.78 is 0. The Kier molecular flexibility index (Phi) is 9.63. The van der Waals surface area contributed by atoms with E-state index < -0.39 is 0 Å². The molecule has 20 heavy (non-hydrogen) atoms. The van der Waals surface area contributed by atoms with E-state index in [1.807, 2.05) is 6.07 Å². The number of nitrogens with two attached hydrogens (primary N) is 1. The highest BCUT2D eigenvalue weighted by Gasteiger charge is 2.15. The molecule has 0 aliphatic heterocycles.